The first-order valence-corrected chi connectivity index (χ1v) is 10.9. The van der Waals surface area contributed by atoms with Gasteiger partial charge in [-0.2, -0.15) is 0 Å². The van der Waals surface area contributed by atoms with Crippen LogP contribution >= 0.6 is 0 Å². The van der Waals surface area contributed by atoms with Crippen LogP contribution in [0.2, 0.25) is 0 Å². The lowest BCUT2D eigenvalue weighted by molar-refractivity contribution is 0.929. The van der Waals surface area contributed by atoms with Crippen molar-refractivity contribution in [2.24, 2.45) is 0 Å². The van der Waals surface area contributed by atoms with E-state index < -0.39 is 0 Å². The van der Waals surface area contributed by atoms with Crippen LogP contribution in [-0.2, 0) is 6.42 Å². The number of hydrogen-bond acceptors (Lipinski definition) is 0. The van der Waals surface area contributed by atoms with Crippen molar-refractivity contribution in [1.29, 1.82) is 0 Å². The number of benzene rings is 3. The van der Waals surface area contributed by atoms with Crippen molar-refractivity contribution in [2.75, 3.05) is 0 Å². The summed E-state index contributed by atoms with van der Waals surface area (Å²) in [4.78, 5) is 0. The Labute approximate surface area is 184 Å². The second kappa shape index (κ2) is 12.0. The summed E-state index contributed by atoms with van der Waals surface area (Å²) in [5, 5.41) is 5.31. The number of fused-ring (bicyclic) bond motifs is 4. The van der Waals surface area contributed by atoms with Crippen molar-refractivity contribution >= 4 is 27.1 Å². The lowest BCUT2D eigenvalue weighted by Gasteiger charge is -2.22. The summed E-state index contributed by atoms with van der Waals surface area (Å²) in [6.07, 6.45) is 11.2. The standard InChI is InChI=1S/C24H20.C3H8.C2H6.CH4/c1-4-16(2)13-23-17(3)9-11-22-21(23)12-10-20-14-18-7-5-6-8-19(18)15-24(20)22;1-3-2;1-2;/h1,5-8,10,12-15H,9,11H2,2-3H3;3H2,1-2H3;1-2H3;1H4/b16-13+;;;. The third kappa shape index (κ3) is 5.43. The van der Waals surface area contributed by atoms with Crippen LogP contribution in [0.3, 0.4) is 0 Å². The predicted octanol–water partition coefficient (Wildman–Crippen LogP) is 9.37. The van der Waals surface area contributed by atoms with E-state index >= 15 is 0 Å². The minimum absolute atomic E-state index is 0. The van der Waals surface area contributed by atoms with E-state index in [1.54, 1.807) is 0 Å². The Morgan fingerprint density at radius 2 is 1.57 bits per heavy atom. The molecule has 0 bridgehead atoms. The molecule has 0 aliphatic heterocycles. The molecule has 0 spiro atoms. The van der Waals surface area contributed by atoms with E-state index in [1.807, 2.05) is 20.8 Å². The molecule has 1 aliphatic carbocycles. The predicted molar refractivity (Wildman–Crippen MR) is 139 cm³/mol. The van der Waals surface area contributed by atoms with E-state index in [0.29, 0.717) is 0 Å². The Morgan fingerprint density at radius 3 is 2.17 bits per heavy atom. The maximum absolute atomic E-state index is 5.57. The Hall–Kier alpha value is -2.78. The van der Waals surface area contributed by atoms with Crippen molar-refractivity contribution in [3.8, 4) is 12.3 Å². The molecule has 0 atom stereocenters. The van der Waals surface area contributed by atoms with Crippen LogP contribution in [0.4, 0.5) is 0 Å². The lowest BCUT2D eigenvalue weighted by atomic mass is 9.82. The van der Waals surface area contributed by atoms with Crippen molar-refractivity contribution < 1.29 is 0 Å². The molecular formula is C30H38. The Balaban J connectivity index is 0.000000691. The van der Waals surface area contributed by atoms with Crippen LogP contribution in [0.25, 0.3) is 27.1 Å². The SMILES string of the molecule is C.C#C/C(C)=C/C1=C(C)CCc2c1ccc1cc3ccccc3cc21.CC.CCC. The van der Waals surface area contributed by atoms with Gasteiger partial charge in [0.25, 0.3) is 0 Å². The number of terminal acetylenes is 1. The first kappa shape index (κ1) is 25.3. The van der Waals surface area contributed by atoms with Crippen LogP contribution in [0.5, 0.6) is 0 Å². The summed E-state index contributed by atoms with van der Waals surface area (Å²) < 4.78 is 0. The Kier molecular flexibility index (Phi) is 10.1. The van der Waals surface area contributed by atoms with Crippen molar-refractivity contribution in [3.63, 3.8) is 0 Å². The first-order valence-electron chi connectivity index (χ1n) is 10.9. The quantitative estimate of drug-likeness (QED) is 0.283. The van der Waals surface area contributed by atoms with Crippen LogP contribution in [0, 0.1) is 12.3 Å². The molecule has 3 aromatic rings. The van der Waals surface area contributed by atoms with Crippen molar-refractivity contribution in [2.45, 2.75) is 68.2 Å². The van der Waals surface area contributed by atoms with Crippen molar-refractivity contribution in [1.82, 2.24) is 0 Å². The zero-order valence-corrected chi connectivity index (χ0v) is 18.9. The number of rotatable bonds is 1. The zero-order valence-electron chi connectivity index (χ0n) is 18.9. The Morgan fingerprint density at radius 1 is 0.967 bits per heavy atom. The molecule has 0 saturated heterocycles. The van der Waals surface area contributed by atoms with Crippen LogP contribution in [0.1, 0.15) is 72.9 Å². The van der Waals surface area contributed by atoms with Crippen molar-refractivity contribution in [3.05, 3.63) is 76.9 Å². The smallest absolute Gasteiger partial charge is 0.000732 e. The molecule has 0 nitrogen and oxygen atoms in total. The molecule has 4 rings (SSSR count). The summed E-state index contributed by atoms with van der Waals surface area (Å²) in [7, 11) is 0. The zero-order chi connectivity index (χ0) is 21.4. The van der Waals surface area contributed by atoms with Gasteiger partial charge in [-0.1, -0.05) is 89.4 Å². The van der Waals surface area contributed by atoms with E-state index in [0.717, 1.165) is 18.4 Å². The molecule has 1 aliphatic rings. The van der Waals surface area contributed by atoms with Gasteiger partial charge in [0.05, 0.1) is 0 Å². The molecule has 0 radical (unpaired) electrons. The molecule has 30 heavy (non-hydrogen) atoms. The van der Waals surface area contributed by atoms with Gasteiger partial charge in [-0.05, 0) is 88.7 Å². The van der Waals surface area contributed by atoms with Crippen LogP contribution in [0.15, 0.2) is 65.8 Å². The van der Waals surface area contributed by atoms with Gasteiger partial charge < -0.3 is 0 Å². The average molecular weight is 399 g/mol. The van der Waals surface area contributed by atoms with Crippen LogP contribution in [-0.4, -0.2) is 0 Å². The number of aryl methyl sites for hydroxylation is 1. The molecule has 3 aromatic carbocycles. The molecule has 0 aromatic heterocycles. The molecule has 0 amide bonds. The van der Waals surface area contributed by atoms with Gasteiger partial charge in [0.2, 0.25) is 0 Å². The Bertz CT molecular complexity index is 1080. The molecule has 0 heteroatoms. The first-order chi connectivity index (χ1) is 14.1. The molecule has 0 N–H and O–H groups in total. The van der Waals surface area contributed by atoms with Crippen LogP contribution < -0.4 is 0 Å². The summed E-state index contributed by atoms with van der Waals surface area (Å²) in [5.74, 6) is 2.75. The van der Waals surface area contributed by atoms with Gasteiger partial charge in [-0.3, -0.25) is 0 Å². The average Bonchev–Trinajstić information content (AvgIpc) is 2.75. The highest BCUT2D eigenvalue weighted by Gasteiger charge is 2.17. The second-order valence-corrected chi connectivity index (χ2v) is 7.38. The summed E-state index contributed by atoms with van der Waals surface area (Å²) in [6.45, 7) is 12.5. The fourth-order valence-corrected chi connectivity index (χ4v) is 3.73. The molecule has 0 unspecified atom stereocenters. The topological polar surface area (TPSA) is 0 Å². The van der Waals surface area contributed by atoms with E-state index in [2.05, 4.69) is 81.3 Å². The van der Waals surface area contributed by atoms with E-state index in [-0.39, 0.29) is 7.43 Å². The van der Waals surface area contributed by atoms with Gasteiger partial charge >= 0.3 is 0 Å². The van der Waals surface area contributed by atoms with Gasteiger partial charge in [0.1, 0.15) is 0 Å². The normalized spacial score (nSPS) is 12.6. The van der Waals surface area contributed by atoms with Gasteiger partial charge in [-0.25, -0.2) is 0 Å². The summed E-state index contributed by atoms with van der Waals surface area (Å²) in [5.41, 5.74) is 6.52. The highest BCUT2D eigenvalue weighted by molar-refractivity contribution is 6.02. The third-order valence-electron chi connectivity index (χ3n) is 5.09. The fraction of sp³-hybridized carbons (Fsp3) is 0.333. The molecule has 0 heterocycles. The maximum atomic E-state index is 5.57. The van der Waals surface area contributed by atoms with Gasteiger partial charge in [-0.15, -0.1) is 6.42 Å². The van der Waals surface area contributed by atoms with E-state index in [4.69, 9.17) is 6.42 Å². The molecule has 0 fully saturated rings. The summed E-state index contributed by atoms with van der Waals surface area (Å²) >= 11 is 0. The maximum Gasteiger partial charge on any atom is -0.000732 e. The largest absolute Gasteiger partial charge is 0.115 e. The van der Waals surface area contributed by atoms with E-state index in [9.17, 15) is 0 Å². The third-order valence-corrected chi connectivity index (χ3v) is 5.09. The number of hydrogen-bond donors (Lipinski definition) is 0. The minimum Gasteiger partial charge on any atom is -0.115 e. The molecule has 0 saturated carbocycles. The highest BCUT2D eigenvalue weighted by Crippen LogP contribution is 2.38. The monoisotopic (exact) mass is 398 g/mol. The van der Waals surface area contributed by atoms with Gasteiger partial charge in [0.15, 0.2) is 0 Å². The summed E-state index contributed by atoms with van der Waals surface area (Å²) in [6, 6.07) is 17.8. The highest BCUT2D eigenvalue weighted by atomic mass is 14.2. The minimum atomic E-state index is 0. The fourth-order valence-electron chi connectivity index (χ4n) is 3.73. The lowest BCUT2D eigenvalue weighted by Crippen LogP contribution is -2.03. The van der Waals surface area contributed by atoms with Gasteiger partial charge in [0, 0.05) is 0 Å². The second-order valence-electron chi connectivity index (χ2n) is 7.38. The number of allylic oxidation sites excluding steroid dienone is 4. The van der Waals surface area contributed by atoms with E-state index in [1.165, 1.54) is 50.2 Å². The molecule has 158 valence electrons. The molecular weight excluding hydrogens is 360 g/mol.